The van der Waals surface area contributed by atoms with Crippen molar-refractivity contribution in [3.05, 3.63) is 28.8 Å². The molecule has 1 atom stereocenters. The number of anilines is 1. The van der Waals surface area contributed by atoms with Gasteiger partial charge in [-0.1, -0.05) is 11.6 Å². The molecule has 1 aromatic rings. The average Bonchev–Trinajstić information content (AvgIpc) is 2.40. The van der Waals surface area contributed by atoms with Gasteiger partial charge in [0, 0.05) is 6.42 Å². The number of terminal acetylenes is 1. The second-order valence-electron chi connectivity index (χ2n) is 3.69. The predicted molar refractivity (Wildman–Crippen MR) is 72.8 cm³/mol. The minimum Gasteiger partial charge on any atom is -0.465 e. The SMILES string of the molecule is C#CCC(N)C(=O)Nc1cc(C(=O)OC)ccc1Cl. The number of benzene rings is 1. The van der Waals surface area contributed by atoms with Gasteiger partial charge in [0.1, 0.15) is 0 Å². The molecule has 0 radical (unpaired) electrons. The number of rotatable bonds is 4. The summed E-state index contributed by atoms with van der Waals surface area (Å²) in [6, 6.07) is 3.55. The molecule has 0 aliphatic heterocycles. The molecule has 6 heteroatoms. The highest BCUT2D eigenvalue weighted by molar-refractivity contribution is 6.33. The van der Waals surface area contributed by atoms with Gasteiger partial charge in [0.2, 0.25) is 5.91 Å². The fourth-order valence-electron chi connectivity index (χ4n) is 1.31. The van der Waals surface area contributed by atoms with Crippen LogP contribution in [0, 0.1) is 12.3 Å². The van der Waals surface area contributed by atoms with Gasteiger partial charge < -0.3 is 15.8 Å². The monoisotopic (exact) mass is 280 g/mol. The first-order chi connectivity index (χ1) is 8.99. The van der Waals surface area contributed by atoms with E-state index in [1.165, 1.54) is 25.3 Å². The van der Waals surface area contributed by atoms with Gasteiger partial charge in [-0.3, -0.25) is 4.79 Å². The Bertz CT molecular complexity index is 537. The van der Waals surface area contributed by atoms with Crippen molar-refractivity contribution in [3.63, 3.8) is 0 Å². The molecular formula is C13H13ClN2O3. The highest BCUT2D eigenvalue weighted by Crippen LogP contribution is 2.23. The van der Waals surface area contributed by atoms with Gasteiger partial charge in [0.25, 0.3) is 0 Å². The third-order valence-electron chi connectivity index (χ3n) is 2.32. The zero-order valence-electron chi connectivity index (χ0n) is 10.3. The van der Waals surface area contributed by atoms with Gasteiger partial charge in [-0.25, -0.2) is 4.79 Å². The van der Waals surface area contributed by atoms with Gasteiger partial charge in [0.15, 0.2) is 0 Å². The van der Waals surface area contributed by atoms with Crippen LogP contribution in [0.5, 0.6) is 0 Å². The number of nitrogens with two attached hydrogens (primary N) is 1. The molecule has 0 aliphatic carbocycles. The molecule has 0 aromatic heterocycles. The average molecular weight is 281 g/mol. The number of esters is 1. The third kappa shape index (κ3) is 3.98. The van der Waals surface area contributed by atoms with Crippen molar-refractivity contribution >= 4 is 29.2 Å². The molecule has 3 N–H and O–H groups in total. The Morgan fingerprint density at radius 2 is 2.26 bits per heavy atom. The molecule has 0 bridgehead atoms. The molecular weight excluding hydrogens is 268 g/mol. The van der Waals surface area contributed by atoms with E-state index in [1.807, 2.05) is 0 Å². The number of carbonyl (C=O) groups is 2. The van der Waals surface area contributed by atoms with Crippen LogP contribution < -0.4 is 11.1 Å². The standard InChI is InChI=1S/C13H13ClN2O3/c1-3-4-10(15)12(17)16-11-7-8(13(18)19-2)5-6-9(11)14/h1,5-7,10H,4,15H2,2H3,(H,16,17). The lowest BCUT2D eigenvalue weighted by atomic mass is 10.1. The van der Waals surface area contributed by atoms with Gasteiger partial charge in [0.05, 0.1) is 29.4 Å². The second kappa shape index (κ2) is 6.78. The molecule has 19 heavy (non-hydrogen) atoms. The van der Waals surface area contributed by atoms with Crippen LogP contribution in [0.4, 0.5) is 5.69 Å². The topological polar surface area (TPSA) is 81.4 Å². The predicted octanol–water partition coefficient (Wildman–Crippen LogP) is 1.42. The zero-order chi connectivity index (χ0) is 14.4. The maximum atomic E-state index is 11.7. The number of carbonyl (C=O) groups excluding carboxylic acids is 2. The van der Waals surface area contributed by atoms with Gasteiger partial charge in [-0.05, 0) is 18.2 Å². The minimum absolute atomic E-state index is 0.111. The molecule has 1 unspecified atom stereocenters. The molecule has 0 spiro atoms. The molecule has 5 nitrogen and oxygen atoms in total. The van der Waals surface area contributed by atoms with Crippen molar-refractivity contribution in [1.82, 2.24) is 0 Å². The summed E-state index contributed by atoms with van der Waals surface area (Å²) in [6.45, 7) is 0. The van der Waals surface area contributed by atoms with Crippen molar-refractivity contribution in [1.29, 1.82) is 0 Å². The van der Waals surface area contributed by atoms with E-state index in [2.05, 4.69) is 16.0 Å². The van der Waals surface area contributed by atoms with Gasteiger partial charge >= 0.3 is 5.97 Å². The van der Waals surface area contributed by atoms with Crippen molar-refractivity contribution in [3.8, 4) is 12.3 Å². The molecule has 100 valence electrons. The third-order valence-corrected chi connectivity index (χ3v) is 2.65. The van der Waals surface area contributed by atoms with E-state index in [4.69, 9.17) is 23.8 Å². The molecule has 0 fully saturated rings. The van der Waals surface area contributed by atoms with E-state index in [9.17, 15) is 9.59 Å². The van der Waals surface area contributed by atoms with Crippen molar-refractivity contribution < 1.29 is 14.3 Å². The smallest absolute Gasteiger partial charge is 0.337 e. The van der Waals surface area contributed by atoms with E-state index in [0.29, 0.717) is 0 Å². The molecule has 0 saturated heterocycles. The largest absolute Gasteiger partial charge is 0.465 e. The molecule has 1 rings (SSSR count). The van der Waals surface area contributed by atoms with Crippen LogP contribution in [0.3, 0.4) is 0 Å². The fraction of sp³-hybridized carbons (Fsp3) is 0.231. The van der Waals surface area contributed by atoms with Crippen molar-refractivity contribution in [2.75, 3.05) is 12.4 Å². The Labute approximate surface area is 116 Å². The lowest BCUT2D eigenvalue weighted by Crippen LogP contribution is -2.35. The quantitative estimate of drug-likeness (QED) is 0.645. The number of amides is 1. The summed E-state index contributed by atoms with van der Waals surface area (Å²) in [5, 5.41) is 2.80. The Hall–Kier alpha value is -2.03. The van der Waals surface area contributed by atoms with Crippen molar-refractivity contribution in [2.45, 2.75) is 12.5 Å². The summed E-state index contributed by atoms with van der Waals surface area (Å²) in [6.07, 6.45) is 5.19. The summed E-state index contributed by atoms with van der Waals surface area (Å²) in [7, 11) is 1.26. The number of ether oxygens (including phenoxy) is 1. The summed E-state index contributed by atoms with van der Waals surface area (Å²) < 4.78 is 4.58. The summed E-state index contributed by atoms with van der Waals surface area (Å²) >= 11 is 5.92. The highest BCUT2D eigenvalue weighted by atomic mass is 35.5. The first kappa shape index (κ1) is 15.0. The molecule has 1 amide bonds. The summed E-state index contributed by atoms with van der Waals surface area (Å²) in [4.78, 5) is 23.1. The Morgan fingerprint density at radius 1 is 1.58 bits per heavy atom. The van der Waals surface area contributed by atoms with Crippen molar-refractivity contribution in [2.24, 2.45) is 5.73 Å². The van der Waals surface area contributed by atoms with Crippen LogP contribution >= 0.6 is 11.6 Å². The maximum Gasteiger partial charge on any atom is 0.337 e. The zero-order valence-corrected chi connectivity index (χ0v) is 11.0. The lowest BCUT2D eigenvalue weighted by Gasteiger charge is -2.11. The van der Waals surface area contributed by atoms with Crippen LogP contribution in [-0.4, -0.2) is 25.0 Å². The normalized spacial score (nSPS) is 11.3. The Morgan fingerprint density at radius 3 is 2.84 bits per heavy atom. The van der Waals surface area contributed by atoms with Crippen LogP contribution in [0.15, 0.2) is 18.2 Å². The van der Waals surface area contributed by atoms with Crippen LogP contribution in [0.2, 0.25) is 5.02 Å². The van der Waals surface area contributed by atoms with Gasteiger partial charge in [-0.15, -0.1) is 12.3 Å². The Balaban J connectivity index is 2.92. The van der Waals surface area contributed by atoms with Gasteiger partial charge in [-0.2, -0.15) is 0 Å². The molecule has 0 saturated carbocycles. The number of methoxy groups -OCH3 is 1. The molecule has 1 aromatic carbocycles. The second-order valence-corrected chi connectivity index (χ2v) is 4.10. The van der Waals surface area contributed by atoms with Crippen LogP contribution in [-0.2, 0) is 9.53 Å². The first-order valence-corrected chi connectivity index (χ1v) is 5.75. The summed E-state index contributed by atoms with van der Waals surface area (Å²) in [5.74, 6) is 1.30. The van der Waals surface area contributed by atoms with E-state index in [1.54, 1.807) is 0 Å². The fourth-order valence-corrected chi connectivity index (χ4v) is 1.48. The van der Waals surface area contributed by atoms with E-state index < -0.39 is 17.9 Å². The minimum atomic E-state index is -0.831. The molecule has 0 heterocycles. The number of hydrogen-bond acceptors (Lipinski definition) is 4. The maximum absolute atomic E-state index is 11.7. The van der Waals surface area contributed by atoms with Crippen LogP contribution in [0.25, 0.3) is 0 Å². The highest BCUT2D eigenvalue weighted by Gasteiger charge is 2.15. The number of halogens is 1. The number of hydrogen-bond donors (Lipinski definition) is 2. The Kier molecular flexibility index (Phi) is 5.37. The molecule has 0 aliphatic rings. The summed E-state index contributed by atoms with van der Waals surface area (Å²) in [5.41, 5.74) is 6.11. The van der Waals surface area contributed by atoms with E-state index in [0.717, 1.165) is 0 Å². The lowest BCUT2D eigenvalue weighted by molar-refractivity contribution is -0.117. The van der Waals surface area contributed by atoms with E-state index in [-0.39, 0.29) is 22.7 Å². The number of nitrogens with one attached hydrogen (secondary N) is 1. The van der Waals surface area contributed by atoms with E-state index >= 15 is 0 Å². The van der Waals surface area contributed by atoms with Crippen LogP contribution in [0.1, 0.15) is 16.8 Å². The first-order valence-electron chi connectivity index (χ1n) is 5.37.